The van der Waals surface area contributed by atoms with Gasteiger partial charge in [-0.25, -0.2) is 0 Å². The lowest BCUT2D eigenvalue weighted by atomic mass is 9.96. The Labute approximate surface area is 107 Å². The molecule has 4 heteroatoms. The first kappa shape index (κ1) is 12.0. The maximum Gasteiger partial charge on any atom is 0.307 e. The molecule has 100 valence electrons. The van der Waals surface area contributed by atoms with E-state index in [-0.39, 0.29) is 11.8 Å². The molecule has 0 aromatic rings. The topological polar surface area (TPSA) is 57.6 Å². The normalized spacial score (nSPS) is 36.0. The van der Waals surface area contributed by atoms with Crippen LogP contribution in [0.4, 0.5) is 0 Å². The predicted molar refractivity (Wildman–Crippen MR) is 65.9 cm³/mol. The Morgan fingerprint density at radius 2 is 1.72 bits per heavy atom. The number of amides is 1. The predicted octanol–water partition coefficient (Wildman–Crippen LogP) is 1.89. The van der Waals surface area contributed by atoms with Gasteiger partial charge >= 0.3 is 5.97 Å². The van der Waals surface area contributed by atoms with Gasteiger partial charge in [-0.1, -0.05) is 12.8 Å². The number of carboxylic acid groups (broad SMARTS) is 1. The highest BCUT2D eigenvalue weighted by Crippen LogP contribution is 2.43. The molecular formula is C14H21NO3. The second-order valence-electron chi connectivity index (χ2n) is 6.07. The van der Waals surface area contributed by atoms with Gasteiger partial charge in [0, 0.05) is 12.6 Å². The van der Waals surface area contributed by atoms with E-state index in [1.807, 2.05) is 4.90 Å². The van der Waals surface area contributed by atoms with Crippen LogP contribution in [0, 0.1) is 17.8 Å². The first-order chi connectivity index (χ1) is 8.68. The van der Waals surface area contributed by atoms with Crippen LogP contribution in [0.25, 0.3) is 0 Å². The summed E-state index contributed by atoms with van der Waals surface area (Å²) in [6.45, 7) is 0.850. The van der Waals surface area contributed by atoms with Crippen molar-refractivity contribution in [2.24, 2.45) is 17.8 Å². The van der Waals surface area contributed by atoms with Crippen LogP contribution in [0.2, 0.25) is 0 Å². The summed E-state index contributed by atoms with van der Waals surface area (Å²) < 4.78 is 0. The monoisotopic (exact) mass is 251 g/mol. The van der Waals surface area contributed by atoms with E-state index in [4.69, 9.17) is 5.11 Å². The van der Waals surface area contributed by atoms with E-state index in [9.17, 15) is 9.59 Å². The molecule has 1 unspecified atom stereocenters. The third kappa shape index (κ3) is 2.02. The highest BCUT2D eigenvalue weighted by atomic mass is 16.4. The van der Waals surface area contributed by atoms with Gasteiger partial charge in [-0.2, -0.15) is 0 Å². The van der Waals surface area contributed by atoms with Crippen LogP contribution in [0.3, 0.4) is 0 Å². The molecule has 0 aromatic heterocycles. The summed E-state index contributed by atoms with van der Waals surface area (Å²) in [5, 5.41) is 8.92. The second kappa shape index (κ2) is 4.56. The van der Waals surface area contributed by atoms with Gasteiger partial charge in [-0.15, -0.1) is 0 Å². The molecule has 2 saturated carbocycles. The van der Waals surface area contributed by atoms with Crippen molar-refractivity contribution in [1.29, 1.82) is 0 Å². The van der Waals surface area contributed by atoms with Crippen molar-refractivity contribution in [3.8, 4) is 0 Å². The van der Waals surface area contributed by atoms with Crippen LogP contribution < -0.4 is 0 Å². The van der Waals surface area contributed by atoms with Crippen molar-refractivity contribution >= 4 is 11.9 Å². The minimum absolute atomic E-state index is 0.122. The average Bonchev–Trinajstić information content (AvgIpc) is 2.78. The molecule has 0 bridgehead atoms. The van der Waals surface area contributed by atoms with E-state index < -0.39 is 11.9 Å². The van der Waals surface area contributed by atoms with Crippen molar-refractivity contribution in [3.05, 3.63) is 0 Å². The zero-order valence-electron chi connectivity index (χ0n) is 10.7. The zero-order valence-corrected chi connectivity index (χ0v) is 10.7. The van der Waals surface area contributed by atoms with Crippen LogP contribution in [-0.2, 0) is 9.59 Å². The fourth-order valence-electron chi connectivity index (χ4n) is 3.85. The Morgan fingerprint density at radius 1 is 1.00 bits per heavy atom. The number of carboxylic acids is 1. The third-order valence-electron chi connectivity index (χ3n) is 4.95. The minimum Gasteiger partial charge on any atom is -0.481 e. The highest BCUT2D eigenvalue weighted by molar-refractivity contribution is 5.89. The van der Waals surface area contributed by atoms with Gasteiger partial charge < -0.3 is 10.0 Å². The molecule has 0 aromatic carbocycles. The molecular weight excluding hydrogens is 230 g/mol. The SMILES string of the molecule is O=C(O)[C@H]1C[C@H]1C(=O)N1CCCC1C1CCCC1. The summed E-state index contributed by atoms with van der Waals surface area (Å²) >= 11 is 0. The van der Waals surface area contributed by atoms with Gasteiger partial charge in [-0.05, 0) is 38.0 Å². The molecule has 1 heterocycles. The number of carbonyl (C=O) groups excluding carboxylic acids is 1. The summed E-state index contributed by atoms with van der Waals surface area (Å²) in [5.41, 5.74) is 0. The molecule has 0 spiro atoms. The Hall–Kier alpha value is -1.06. The number of nitrogens with zero attached hydrogens (tertiary/aromatic N) is 1. The van der Waals surface area contributed by atoms with E-state index in [0.29, 0.717) is 18.4 Å². The molecule has 0 radical (unpaired) electrons. The summed E-state index contributed by atoms with van der Waals surface area (Å²) in [6, 6.07) is 0.412. The number of hydrogen-bond donors (Lipinski definition) is 1. The first-order valence-electron chi connectivity index (χ1n) is 7.22. The van der Waals surface area contributed by atoms with Crippen molar-refractivity contribution < 1.29 is 14.7 Å². The van der Waals surface area contributed by atoms with Gasteiger partial charge in [-0.3, -0.25) is 9.59 Å². The highest BCUT2D eigenvalue weighted by Gasteiger charge is 2.51. The van der Waals surface area contributed by atoms with Gasteiger partial charge in [0.25, 0.3) is 0 Å². The Balaban J connectivity index is 1.64. The van der Waals surface area contributed by atoms with Crippen LogP contribution >= 0.6 is 0 Å². The molecule has 1 saturated heterocycles. The molecule has 2 aliphatic carbocycles. The minimum atomic E-state index is -0.801. The number of carbonyl (C=O) groups is 2. The van der Waals surface area contributed by atoms with Crippen LogP contribution in [0.15, 0.2) is 0 Å². The van der Waals surface area contributed by atoms with Crippen molar-refractivity contribution in [2.75, 3.05) is 6.54 Å². The largest absolute Gasteiger partial charge is 0.481 e. The molecule has 3 atom stereocenters. The van der Waals surface area contributed by atoms with E-state index in [1.54, 1.807) is 0 Å². The first-order valence-corrected chi connectivity index (χ1v) is 7.22. The summed E-state index contributed by atoms with van der Waals surface area (Å²) in [5.74, 6) is -0.618. The summed E-state index contributed by atoms with van der Waals surface area (Å²) in [4.78, 5) is 25.2. The van der Waals surface area contributed by atoms with E-state index in [1.165, 1.54) is 25.7 Å². The van der Waals surface area contributed by atoms with Crippen molar-refractivity contribution in [1.82, 2.24) is 4.90 Å². The Kier molecular flexibility index (Phi) is 3.04. The van der Waals surface area contributed by atoms with Gasteiger partial charge in [0.2, 0.25) is 5.91 Å². The molecule has 1 amide bonds. The molecule has 4 nitrogen and oxygen atoms in total. The number of hydrogen-bond acceptors (Lipinski definition) is 2. The molecule has 3 fully saturated rings. The van der Waals surface area contributed by atoms with E-state index in [2.05, 4.69) is 0 Å². The van der Waals surface area contributed by atoms with Gasteiger partial charge in [0.15, 0.2) is 0 Å². The number of rotatable bonds is 3. The van der Waals surface area contributed by atoms with Crippen LogP contribution in [0.5, 0.6) is 0 Å². The van der Waals surface area contributed by atoms with Gasteiger partial charge in [0.1, 0.15) is 0 Å². The molecule has 3 rings (SSSR count). The van der Waals surface area contributed by atoms with Crippen molar-refractivity contribution in [2.45, 2.75) is 51.0 Å². The fourth-order valence-corrected chi connectivity index (χ4v) is 3.85. The molecule has 1 aliphatic heterocycles. The average molecular weight is 251 g/mol. The molecule has 18 heavy (non-hydrogen) atoms. The van der Waals surface area contributed by atoms with E-state index >= 15 is 0 Å². The number of aliphatic carboxylic acids is 1. The number of likely N-dealkylation sites (tertiary alicyclic amines) is 1. The van der Waals surface area contributed by atoms with Crippen LogP contribution in [0.1, 0.15) is 44.9 Å². The summed E-state index contributed by atoms with van der Waals surface area (Å²) in [6.07, 6.45) is 7.87. The van der Waals surface area contributed by atoms with Crippen LogP contribution in [-0.4, -0.2) is 34.5 Å². The maximum absolute atomic E-state index is 12.4. The van der Waals surface area contributed by atoms with E-state index in [0.717, 1.165) is 19.4 Å². The maximum atomic E-state index is 12.4. The van der Waals surface area contributed by atoms with Crippen molar-refractivity contribution in [3.63, 3.8) is 0 Å². The molecule has 3 aliphatic rings. The standard InChI is InChI=1S/C14H21NO3/c16-13(10-8-11(10)14(17)18)15-7-3-6-12(15)9-4-1-2-5-9/h9-12H,1-8H2,(H,17,18)/t10-,11+,12?/m1/s1. The van der Waals surface area contributed by atoms with Gasteiger partial charge in [0.05, 0.1) is 11.8 Å². The molecule has 1 N–H and O–H groups in total. The quantitative estimate of drug-likeness (QED) is 0.833. The fraction of sp³-hybridized carbons (Fsp3) is 0.857. The smallest absolute Gasteiger partial charge is 0.307 e. The lowest BCUT2D eigenvalue weighted by Crippen LogP contribution is -2.40. The lowest BCUT2D eigenvalue weighted by molar-refractivity contribution is -0.142. The Bertz CT molecular complexity index is 362. The summed E-state index contributed by atoms with van der Waals surface area (Å²) in [7, 11) is 0. The zero-order chi connectivity index (χ0) is 12.7. The third-order valence-corrected chi connectivity index (χ3v) is 4.95. The second-order valence-corrected chi connectivity index (χ2v) is 6.07. The lowest BCUT2D eigenvalue weighted by Gasteiger charge is -2.29. The Morgan fingerprint density at radius 3 is 2.33 bits per heavy atom.